The molecule has 0 aliphatic heterocycles. The number of esters is 1. The molecule has 0 atom stereocenters. The predicted molar refractivity (Wildman–Crippen MR) is 62.8 cm³/mol. The highest BCUT2D eigenvalue weighted by Crippen LogP contribution is 2.24. The highest BCUT2D eigenvalue weighted by Gasteiger charge is 2.15. The normalized spacial score (nSPS) is 10.2. The molecule has 0 aliphatic rings. The quantitative estimate of drug-likeness (QED) is 0.622. The minimum Gasteiger partial charge on any atom is -0.465 e. The maximum atomic E-state index is 11.6. The zero-order chi connectivity index (χ0) is 12.3. The third-order valence-electron chi connectivity index (χ3n) is 2.30. The molecule has 2 rings (SSSR count). The fourth-order valence-corrected chi connectivity index (χ4v) is 1.62. The standard InChI is InChI=1S/C12H10ClNO3/c1-16-12(15)10-5-3-2-4-9(10)11-6-8(7-13)17-14-11/h2-6H,7H2,1H3. The first-order valence-electron chi connectivity index (χ1n) is 4.95. The Labute approximate surface area is 103 Å². The average Bonchev–Trinajstić information content (AvgIpc) is 2.86. The Hall–Kier alpha value is -1.81. The second kappa shape index (κ2) is 5.01. The summed E-state index contributed by atoms with van der Waals surface area (Å²) in [5, 5.41) is 3.87. The van der Waals surface area contributed by atoms with E-state index in [-0.39, 0.29) is 5.88 Å². The number of rotatable bonds is 3. The van der Waals surface area contributed by atoms with E-state index in [1.54, 1.807) is 24.3 Å². The van der Waals surface area contributed by atoms with Crippen LogP contribution in [0.15, 0.2) is 34.9 Å². The van der Waals surface area contributed by atoms with Gasteiger partial charge >= 0.3 is 5.97 Å². The molecule has 0 aliphatic carbocycles. The summed E-state index contributed by atoms with van der Waals surface area (Å²) in [6.07, 6.45) is 0. The molecule has 5 heteroatoms. The van der Waals surface area contributed by atoms with Crippen LogP contribution in [0.2, 0.25) is 0 Å². The summed E-state index contributed by atoms with van der Waals surface area (Å²) in [5.74, 6) is 0.394. The average molecular weight is 252 g/mol. The molecule has 1 aromatic heterocycles. The van der Waals surface area contributed by atoms with Crippen LogP contribution in [-0.4, -0.2) is 18.2 Å². The van der Waals surface area contributed by atoms with Crippen molar-refractivity contribution in [1.82, 2.24) is 5.16 Å². The van der Waals surface area contributed by atoms with E-state index in [1.165, 1.54) is 7.11 Å². The molecule has 17 heavy (non-hydrogen) atoms. The molecular weight excluding hydrogens is 242 g/mol. The van der Waals surface area contributed by atoms with Crippen molar-refractivity contribution in [3.8, 4) is 11.3 Å². The van der Waals surface area contributed by atoms with Crippen LogP contribution in [0.3, 0.4) is 0 Å². The molecule has 1 heterocycles. The lowest BCUT2D eigenvalue weighted by atomic mass is 10.0. The number of aromatic nitrogens is 1. The molecule has 0 unspecified atom stereocenters. The molecule has 1 aromatic carbocycles. The molecule has 2 aromatic rings. The molecular formula is C12H10ClNO3. The Morgan fingerprint density at radius 3 is 2.88 bits per heavy atom. The number of hydrogen-bond donors (Lipinski definition) is 0. The SMILES string of the molecule is COC(=O)c1ccccc1-c1cc(CCl)on1. The van der Waals surface area contributed by atoms with Gasteiger partial charge < -0.3 is 9.26 Å². The highest BCUT2D eigenvalue weighted by molar-refractivity contribution is 6.16. The first kappa shape index (κ1) is 11.7. The fraction of sp³-hybridized carbons (Fsp3) is 0.167. The Morgan fingerprint density at radius 2 is 2.24 bits per heavy atom. The number of hydrogen-bond acceptors (Lipinski definition) is 4. The number of benzene rings is 1. The second-order valence-electron chi connectivity index (χ2n) is 3.35. The van der Waals surface area contributed by atoms with E-state index < -0.39 is 5.97 Å². The third-order valence-corrected chi connectivity index (χ3v) is 2.56. The lowest BCUT2D eigenvalue weighted by Crippen LogP contribution is -2.03. The molecule has 4 nitrogen and oxygen atoms in total. The van der Waals surface area contributed by atoms with Crippen molar-refractivity contribution >= 4 is 17.6 Å². The van der Waals surface area contributed by atoms with E-state index in [4.69, 9.17) is 20.9 Å². The van der Waals surface area contributed by atoms with Gasteiger partial charge in [0.25, 0.3) is 0 Å². The molecule has 88 valence electrons. The summed E-state index contributed by atoms with van der Waals surface area (Å²) in [6.45, 7) is 0. The molecule has 0 radical (unpaired) electrons. The lowest BCUT2D eigenvalue weighted by molar-refractivity contribution is 0.0601. The maximum absolute atomic E-state index is 11.6. The third kappa shape index (κ3) is 2.31. The molecule has 0 fully saturated rings. The first-order valence-corrected chi connectivity index (χ1v) is 5.49. The number of nitrogens with zero attached hydrogens (tertiary/aromatic N) is 1. The smallest absolute Gasteiger partial charge is 0.338 e. The number of carbonyl (C=O) groups is 1. The van der Waals surface area contributed by atoms with Gasteiger partial charge in [-0.25, -0.2) is 4.79 Å². The predicted octanol–water partition coefficient (Wildman–Crippen LogP) is 2.87. The van der Waals surface area contributed by atoms with Crippen LogP contribution >= 0.6 is 11.6 Å². The summed E-state index contributed by atoms with van der Waals surface area (Å²) < 4.78 is 9.71. The van der Waals surface area contributed by atoms with Crippen molar-refractivity contribution in [3.05, 3.63) is 41.7 Å². The minimum atomic E-state index is -0.406. The Kier molecular flexibility index (Phi) is 3.44. The summed E-state index contributed by atoms with van der Waals surface area (Å²) in [5.41, 5.74) is 1.69. The van der Waals surface area contributed by atoms with Crippen molar-refractivity contribution in [2.45, 2.75) is 5.88 Å². The Bertz CT molecular complexity index is 536. The van der Waals surface area contributed by atoms with E-state index in [0.29, 0.717) is 22.6 Å². The zero-order valence-electron chi connectivity index (χ0n) is 9.14. The molecule has 0 amide bonds. The molecule has 0 bridgehead atoms. The maximum Gasteiger partial charge on any atom is 0.338 e. The summed E-state index contributed by atoms with van der Waals surface area (Å²) in [4.78, 5) is 11.6. The van der Waals surface area contributed by atoms with Crippen LogP contribution in [0, 0.1) is 0 Å². The van der Waals surface area contributed by atoms with Crippen LogP contribution in [0.25, 0.3) is 11.3 Å². The number of methoxy groups -OCH3 is 1. The van der Waals surface area contributed by atoms with Crippen LogP contribution in [-0.2, 0) is 10.6 Å². The van der Waals surface area contributed by atoms with E-state index in [9.17, 15) is 4.79 Å². The number of ether oxygens (including phenoxy) is 1. The second-order valence-corrected chi connectivity index (χ2v) is 3.62. The van der Waals surface area contributed by atoms with Crippen LogP contribution in [0.1, 0.15) is 16.1 Å². The molecule has 0 saturated heterocycles. The molecule has 0 saturated carbocycles. The summed E-state index contributed by atoms with van der Waals surface area (Å²) in [6, 6.07) is 8.74. The van der Waals surface area contributed by atoms with Gasteiger partial charge in [-0.1, -0.05) is 23.4 Å². The number of alkyl halides is 1. The lowest BCUT2D eigenvalue weighted by Gasteiger charge is -2.03. The topological polar surface area (TPSA) is 52.3 Å². The van der Waals surface area contributed by atoms with Gasteiger partial charge in [0.15, 0.2) is 5.76 Å². The van der Waals surface area contributed by atoms with E-state index in [2.05, 4.69) is 5.16 Å². The van der Waals surface area contributed by atoms with Gasteiger partial charge in [0, 0.05) is 11.6 Å². The van der Waals surface area contributed by atoms with E-state index >= 15 is 0 Å². The van der Waals surface area contributed by atoms with Crippen molar-refractivity contribution < 1.29 is 14.1 Å². The van der Waals surface area contributed by atoms with Crippen LogP contribution < -0.4 is 0 Å². The summed E-state index contributed by atoms with van der Waals surface area (Å²) >= 11 is 5.63. The van der Waals surface area contributed by atoms with Gasteiger partial charge in [0.05, 0.1) is 18.6 Å². The van der Waals surface area contributed by atoms with Crippen molar-refractivity contribution in [2.75, 3.05) is 7.11 Å². The summed E-state index contributed by atoms with van der Waals surface area (Å²) in [7, 11) is 1.34. The van der Waals surface area contributed by atoms with Crippen LogP contribution in [0.4, 0.5) is 0 Å². The Morgan fingerprint density at radius 1 is 1.47 bits per heavy atom. The van der Waals surface area contributed by atoms with Gasteiger partial charge in [0.1, 0.15) is 5.69 Å². The monoisotopic (exact) mass is 251 g/mol. The Balaban J connectivity index is 2.47. The van der Waals surface area contributed by atoms with Gasteiger partial charge in [-0.15, -0.1) is 11.6 Å². The largest absolute Gasteiger partial charge is 0.465 e. The first-order chi connectivity index (χ1) is 8.26. The van der Waals surface area contributed by atoms with Gasteiger partial charge in [-0.3, -0.25) is 0 Å². The van der Waals surface area contributed by atoms with Crippen molar-refractivity contribution in [3.63, 3.8) is 0 Å². The van der Waals surface area contributed by atoms with Crippen molar-refractivity contribution in [2.24, 2.45) is 0 Å². The zero-order valence-corrected chi connectivity index (χ0v) is 9.90. The van der Waals surface area contributed by atoms with E-state index in [0.717, 1.165) is 0 Å². The van der Waals surface area contributed by atoms with Crippen LogP contribution in [0.5, 0.6) is 0 Å². The number of carbonyl (C=O) groups excluding carboxylic acids is 1. The minimum absolute atomic E-state index is 0.243. The molecule has 0 spiro atoms. The van der Waals surface area contributed by atoms with Gasteiger partial charge in [-0.2, -0.15) is 0 Å². The van der Waals surface area contributed by atoms with E-state index in [1.807, 2.05) is 6.07 Å². The van der Waals surface area contributed by atoms with Gasteiger partial charge in [0.2, 0.25) is 0 Å². The molecule has 0 N–H and O–H groups in total. The highest BCUT2D eigenvalue weighted by atomic mass is 35.5. The number of halogens is 1. The van der Waals surface area contributed by atoms with Gasteiger partial charge in [-0.05, 0) is 6.07 Å². The fourth-order valence-electron chi connectivity index (χ4n) is 1.50. The van der Waals surface area contributed by atoms with Crippen molar-refractivity contribution in [1.29, 1.82) is 0 Å².